The van der Waals surface area contributed by atoms with E-state index in [0.717, 1.165) is 5.56 Å². The number of benzene rings is 2. The minimum absolute atomic E-state index is 0.307. The van der Waals surface area contributed by atoms with E-state index in [4.69, 9.17) is 21.1 Å². The SMILES string of the molecule is COc1ccc(C)cc1NC(=O)c1cc(Cl)ccc1OC. The van der Waals surface area contributed by atoms with Crippen molar-refractivity contribution in [2.24, 2.45) is 0 Å². The molecule has 21 heavy (non-hydrogen) atoms. The molecule has 0 spiro atoms. The van der Waals surface area contributed by atoms with Crippen molar-refractivity contribution in [3.05, 3.63) is 52.5 Å². The monoisotopic (exact) mass is 305 g/mol. The van der Waals surface area contributed by atoms with Crippen LogP contribution >= 0.6 is 11.6 Å². The summed E-state index contributed by atoms with van der Waals surface area (Å²) >= 11 is 5.94. The summed E-state index contributed by atoms with van der Waals surface area (Å²) in [4.78, 5) is 12.4. The summed E-state index contributed by atoms with van der Waals surface area (Å²) in [6, 6.07) is 10.5. The van der Waals surface area contributed by atoms with Crippen molar-refractivity contribution in [1.29, 1.82) is 0 Å². The third-order valence-corrected chi connectivity index (χ3v) is 3.24. The Labute approximate surface area is 128 Å². The number of nitrogens with one attached hydrogen (secondary N) is 1. The lowest BCUT2D eigenvalue weighted by Crippen LogP contribution is -2.14. The Hall–Kier alpha value is -2.20. The Morgan fingerprint density at radius 3 is 2.38 bits per heavy atom. The van der Waals surface area contributed by atoms with Gasteiger partial charge in [-0.1, -0.05) is 17.7 Å². The Morgan fingerprint density at radius 2 is 1.71 bits per heavy atom. The molecular formula is C16H16ClNO3. The van der Waals surface area contributed by atoms with Gasteiger partial charge in [0.25, 0.3) is 5.91 Å². The summed E-state index contributed by atoms with van der Waals surface area (Å²) in [6.45, 7) is 1.94. The van der Waals surface area contributed by atoms with Crippen LogP contribution in [0.5, 0.6) is 11.5 Å². The van der Waals surface area contributed by atoms with Crippen LogP contribution in [-0.4, -0.2) is 20.1 Å². The molecule has 0 atom stereocenters. The lowest BCUT2D eigenvalue weighted by atomic mass is 10.1. The number of rotatable bonds is 4. The summed E-state index contributed by atoms with van der Waals surface area (Å²) in [6.07, 6.45) is 0. The number of amides is 1. The molecule has 0 saturated heterocycles. The van der Waals surface area contributed by atoms with Gasteiger partial charge in [-0.15, -0.1) is 0 Å². The van der Waals surface area contributed by atoms with Crippen molar-refractivity contribution in [3.8, 4) is 11.5 Å². The minimum Gasteiger partial charge on any atom is -0.496 e. The highest BCUT2D eigenvalue weighted by Crippen LogP contribution is 2.28. The summed E-state index contributed by atoms with van der Waals surface area (Å²) in [5, 5.41) is 3.29. The number of halogens is 1. The van der Waals surface area contributed by atoms with Crippen LogP contribution < -0.4 is 14.8 Å². The van der Waals surface area contributed by atoms with E-state index in [1.54, 1.807) is 31.4 Å². The van der Waals surface area contributed by atoms with Crippen LogP contribution in [0.3, 0.4) is 0 Å². The third-order valence-electron chi connectivity index (χ3n) is 3.01. The van der Waals surface area contributed by atoms with Crippen LogP contribution in [0.15, 0.2) is 36.4 Å². The number of ether oxygens (including phenoxy) is 2. The molecule has 0 heterocycles. The molecule has 2 aromatic carbocycles. The maximum Gasteiger partial charge on any atom is 0.259 e. The van der Waals surface area contributed by atoms with E-state index in [1.165, 1.54) is 7.11 Å². The van der Waals surface area contributed by atoms with Crippen molar-refractivity contribution < 1.29 is 14.3 Å². The predicted octanol–water partition coefficient (Wildman–Crippen LogP) is 3.92. The number of carbonyl (C=O) groups excluding carboxylic acids is 1. The normalized spacial score (nSPS) is 10.1. The van der Waals surface area contributed by atoms with Gasteiger partial charge >= 0.3 is 0 Å². The van der Waals surface area contributed by atoms with Gasteiger partial charge < -0.3 is 14.8 Å². The third kappa shape index (κ3) is 3.47. The fourth-order valence-electron chi connectivity index (χ4n) is 1.97. The average molecular weight is 306 g/mol. The van der Waals surface area contributed by atoms with Crippen LogP contribution in [0, 0.1) is 6.92 Å². The molecule has 0 aliphatic rings. The van der Waals surface area contributed by atoms with E-state index < -0.39 is 0 Å². The number of methoxy groups -OCH3 is 2. The zero-order valence-electron chi connectivity index (χ0n) is 12.1. The number of aryl methyl sites for hydroxylation is 1. The summed E-state index contributed by atoms with van der Waals surface area (Å²) in [7, 11) is 3.06. The van der Waals surface area contributed by atoms with Crippen LogP contribution in [-0.2, 0) is 0 Å². The van der Waals surface area contributed by atoms with E-state index in [-0.39, 0.29) is 5.91 Å². The van der Waals surface area contributed by atoms with Gasteiger partial charge in [-0.2, -0.15) is 0 Å². The smallest absolute Gasteiger partial charge is 0.259 e. The highest BCUT2D eigenvalue weighted by molar-refractivity contribution is 6.31. The Morgan fingerprint density at radius 1 is 1.05 bits per heavy atom. The van der Waals surface area contributed by atoms with E-state index in [0.29, 0.717) is 27.8 Å². The van der Waals surface area contributed by atoms with Gasteiger partial charge in [-0.25, -0.2) is 0 Å². The maximum atomic E-state index is 12.4. The van der Waals surface area contributed by atoms with Crippen molar-refractivity contribution >= 4 is 23.2 Å². The molecule has 0 aliphatic carbocycles. The van der Waals surface area contributed by atoms with Crippen molar-refractivity contribution in [2.45, 2.75) is 6.92 Å². The largest absolute Gasteiger partial charge is 0.496 e. The topological polar surface area (TPSA) is 47.6 Å². The molecule has 110 valence electrons. The van der Waals surface area contributed by atoms with E-state index in [1.807, 2.05) is 19.1 Å². The first kappa shape index (κ1) is 15.2. The van der Waals surface area contributed by atoms with Gasteiger partial charge in [0.05, 0.1) is 25.5 Å². The number of hydrogen-bond acceptors (Lipinski definition) is 3. The molecule has 0 fully saturated rings. The highest BCUT2D eigenvalue weighted by atomic mass is 35.5. The predicted molar refractivity (Wildman–Crippen MR) is 83.7 cm³/mol. The van der Waals surface area contributed by atoms with Gasteiger partial charge in [-0.05, 0) is 42.8 Å². The quantitative estimate of drug-likeness (QED) is 0.931. The molecule has 0 saturated carbocycles. The Kier molecular flexibility index (Phi) is 4.70. The first-order valence-electron chi connectivity index (χ1n) is 6.34. The van der Waals surface area contributed by atoms with Crippen LogP contribution in [0.1, 0.15) is 15.9 Å². The molecule has 1 N–H and O–H groups in total. The van der Waals surface area contributed by atoms with Crippen LogP contribution in [0.2, 0.25) is 5.02 Å². The molecule has 0 unspecified atom stereocenters. The van der Waals surface area contributed by atoms with Gasteiger partial charge in [0.15, 0.2) is 0 Å². The molecule has 0 aliphatic heterocycles. The standard InChI is InChI=1S/C16H16ClNO3/c1-10-4-6-15(21-3)13(8-10)18-16(19)12-9-11(17)5-7-14(12)20-2/h4-9H,1-3H3,(H,18,19). The zero-order chi connectivity index (χ0) is 15.4. The average Bonchev–Trinajstić information content (AvgIpc) is 2.47. The van der Waals surface area contributed by atoms with Crippen LogP contribution in [0.4, 0.5) is 5.69 Å². The second kappa shape index (κ2) is 6.50. The lowest BCUT2D eigenvalue weighted by Gasteiger charge is -2.13. The molecular weight excluding hydrogens is 290 g/mol. The molecule has 2 rings (SSSR count). The summed E-state index contributed by atoms with van der Waals surface area (Å²) in [5.74, 6) is 0.747. The molecule has 0 radical (unpaired) electrons. The Balaban J connectivity index is 2.34. The van der Waals surface area contributed by atoms with Gasteiger partial charge in [0.2, 0.25) is 0 Å². The molecule has 4 nitrogen and oxygen atoms in total. The maximum absolute atomic E-state index is 12.4. The summed E-state index contributed by atoms with van der Waals surface area (Å²) < 4.78 is 10.4. The molecule has 5 heteroatoms. The second-order valence-corrected chi connectivity index (χ2v) is 4.94. The molecule has 2 aromatic rings. The Bertz CT molecular complexity index is 671. The van der Waals surface area contributed by atoms with Crippen LogP contribution in [0.25, 0.3) is 0 Å². The number of hydrogen-bond donors (Lipinski definition) is 1. The second-order valence-electron chi connectivity index (χ2n) is 4.50. The van der Waals surface area contributed by atoms with E-state index in [9.17, 15) is 4.79 Å². The first-order chi connectivity index (χ1) is 10.0. The van der Waals surface area contributed by atoms with Gasteiger partial charge in [0, 0.05) is 5.02 Å². The van der Waals surface area contributed by atoms with E-state index >= 15 is 0 Å². The first-order valence-corrected chi connectivity index (χ1v) is 6.72. The van der Waals surface area contributed by atoms with Gasteiger partial charge in [0.1, 0.15) is 11.5 Å². The van der Waals surface area contributed by atoms with E-state index in [2.05, 4.69) is 5.32 Å². The highest BCUT2D eigenvalue weighted by Gasteiger charge is 2.15. The molecule has 0 bridgehead atoms. The van der Waals surface area contributed by atoms with Crippen molar-refractivity contribution in [2.75, 3.05) is 19.5 Å². The van der Waals surface area contributed by atoms with Crippen molar-refractivity contribution in [1.82, 2.24) is 0 Å². The minimum atomic E-state index is -0.307. The summed E-state index contributed by atoms with van der Waals surface area (Å²) in [5.41, 5.74) is 1.99. The lowest BCUT2D eigenvalue weighted by molar-refractivity contribution is 0.102. The number of carbonyl (C=O) groups is 1. The molecule has 1 amide bonds. The fraction of sp³-hybridized carbons (Fsp3) is 0.188. The zero-order valence-corrected chi connectivity index (χ0v) is 12.8. The van der Waals surface area contributed by atoms with Crippen molar-refractivity contribution in [3.63, 3.8) is 0 Å². The van der Waals surface area contributed by atoms with Gasteiger partial charge in [-0.3, -0.25) is 4.79 Å². The fourth-order valence-corrected chi connectivity index (χ4v) is 2.14. The number of anilines is 1. The molecule has 0 aromatic heterocycles.